The van der Waals surface area contributed by atoms with Crippen molar-refractivity contribution >= 4 is 5.91 Å². The molecule has 3 rings (SSSR count). The summed E-state index contributed by atoms with van der Waals surface area (Å²) in [6, 6.07) is 23.2. The summed E-state index contributed by atoms with van der Waals surface area (Å²) in [7, 11) is 0. The maximum Gasteiger partial charge on any atom is 0.251 e. The third kappa shape index (κ3) is 4.56. The molecule has 0 bridgehead atoms. The molecule has 0 heterocycles. The van der Waals surface area contributed by atoms with E-state index < -0.39 is 0 Å². The number of amides is 1. The number of aromatic hydroxyl groups is 1. The average Bonchev–Trinajstić information content (AvgIpc) is 2.67. The maximum absolute atomic E-state index is 12.5. The van der Waals surface area contributed by atoms with Crippen LogP contribution in [0.5, 0.6) is 5.75 Å². The molecule has 0 aromatic heterocycles. The zero-order chi connectivity index (χ0) is 19.4. The molecule has 0 fully saturated rings. The van der Waals surface area contributed by atoms with E-state index in [-0.39, 0.29) is 23.6 Å². The second kappa shape index (κ2) is 7.67. The summed E-state index contributed by atoms with van der Waals surface area (Å²) in [4.78, 5) is 12.5. The van der Waals surface area contributed by atoms with E-state index in [2.05, 4.69) is 26.1 Å². The number of hydrogen-bond donors (Lipinski definition) is 2. The molecule has 0 aliphatic carbocycles. The average molecular weight is 359 g/mol. The lowest BCUT2D eigenvalue weighted by Gasteiger charge is -2.20. The van der Waals surface area contributed by atoms with Gasteiger partial charge in [0.15, 0.2) is 0 Å². The molecule has 0 saturated heterocycles. The van der Waals surface area contributed by atoms with E-state index in [1.165, 1.54) is 0 Å². The summed E-state index contributed by atoms with van der Waals surface area (Å²) in [5.41, 5.74) is 4.62. The molecule has 3 aromatic rings. The Morgan fingerprint density at radius 2 is 1.52 bits per heavy atom. The van der Waals surface area contributed by atoms with Gasteiger partial charge in [-0.1, -0.05) is 69.3 Å². The molecule has 0 spiro atoms. The topological polar surface area (TPSA) is 49.3 Å². The lowest BCUT2D eigenvalue weighted by Crippen LogP contribution is -2.23. The molecule has 0 aliphatic rings. The van der Waals surface area contributed by atoms with E-state index in [1.54, 1.807) is 6.07 Å². The quantitative estimate of drug-likeness (QED) is 0.665. The molecular formula is C24H25NO2. The highest BCUT2D eigenvalue weighted by molar-refractivity contribution is 5.94. The minimum Gasteiger partial charge on any atom is -0.508 e. The first kappa shape index (κ1) is 18.7. The van der Waals surface area contributed by atoms with E-state index in [9.17, 15) is 9.90 Å². The summed E-state index contributed by atoms with van der Waals surface area (Å²) < 4.78 is 0. The normalized spacial score (nSPS) is 11.2. The smallest absolute Gasteiger partial charge is 0.251 e. The Hall–Kier alpha value is -3.07. The molecule has 0 unspecified atom stereocenters. The first-order chi connectivity index (χ1) is 12.8. The second-order valence-corrected chi connectivity index (χ2v) is 7.72. The predicted octanol–water partition coefficient (Wildman–Crippen LogP) is 5.29. The van der Waals surface area contributed by atoms with Gasteiger partial charge in [-0.05, 0) is 46.4 Å². The fourth-order valence-electron chi connectivity index (χ4n) is 2.92. The van der Waals surface area contributed by atoms with Gasteiger partial charge in [-0.2, -0.15) is 0 Å². The number of rotatable bonds is 4. The van der Waals surface area contributed by atoms with Gasteiger partial charge in [0.2, 0.25) is 0 Å². The molecule has 0 aliphatic heterocycles. The second-order valence-electron chi connectivity index (χ2n) is 7.72. The summed E-state index contributed by atoms with van der Waals surface area (Å²) >= 11 is 0. The van der Waals surface area contributed by atoms with Crippen molar-refractivity contribution in [3.63, 3.8) is 0 Å². The zero-order valence-electron chi connectivity index (χ0n) is 16.0. The molecule has 27 heavy (non-hydrogen) atoms. The van der Waals surface area contributed by atoms with Crippen LogP contribution in [0.15, 0.2) is 72.8 Å². The van der Waals surface area contributed by atoms with Crippen LogP contribution in [0.4, 0.5) is 0 Å². The lowest BCUT2D eigenvalue weighted by atomic mass is 9.86. The number of hydrogen-bond acceptors (Lipinski definition) is 2. The Balaban J connectivity index is 1.69. The van der Waals surface area contributed by atoms with Crippen LogP contribution < -0.4 is 5.32 Å². The molecule has 1 amide bonds. The van der Waals surface area contributed by atoms with Crippen LogP contribution in [-0.2, 0) is 12.0 Å². The summed E-state index contributed by atoms with van der Waals surface area (Å²) in [5.74, 6) is 0.0397. The lowest BCUT2D eigenvalue weighted by molar-refractivity contribution is 0.0951. The Kier molecular flexibility index (Phi) is 5.31. The Morgan fingerprint density at radius 3 is 2.15 bits per heavy atom. The van der Waals surface area contributed by atoms with Crippen LogP contribution in [0, 0.1) is 0 Å². The first-order valence-electron chi connectivity index (χ1n) is 9.10. The molecule has 0 radical (unpaired) electrons. The van der Waals surface area contributed by atoms with Crippen molar-refractivity contribution in [2.75, 3.05) is 0 Å². The van der Waals surface area contributed by atoms with Crippen molar-refractivity contribution in [1.29, 1.82) is 0 Å². The van der Waals surface area contributed by atoms with E-state index in [0.29, 0.717) is 5.56 Å². The minimum atomic E-state index is -0.157. The summed E-state index contributed by atoms with van der Waals surface area (Å²) in [5, 5.41) is 13.0. The van der Waals surface area contributed by atoms with Crippen LogP contribution in [0.1, 0.15) is 42.3 Å². The van der Waals surface area contributed by atoms with Gasteiger partial charge in [-0.25, -0.2) is 0 Å². The fraction of sp³-hybridized carbons (Fsp3) is 0.208. The standard InChI is InChI=1S/C24H25NO2/c1-24(2,3)21-13-14-22(26)20(15-21)16-25-23(27)19-11-9-18(10-12-19)17-7-5-4-6-8-17/h4-15,26H,16H2,1-3H3,(H,25,27). The number of carbonyl (C=O) groups excluding carboxylic acids is 1. The van der Waals surface area contributed by atoms with E-state index in [4.69, 9.17) is 0 Å². The monoisotopic (exact) mass is 359 g/mol. The third-order valence-corrected chi connectivity index (χ3v) is 4.64. The fourth-order valence-corrected chi connectivity index (χ4v) is 2.92. The Bertz CT molecular complexity index is 923. The molecule has 3 heteroatoms. The number of carbonyl (C=O) groups is 1. The minimum absolute atomic E-state index is 0.0142. The summed E-state index contributed by atoms with van der Waals surface area (Å²) in [6.07, 6.45) is 0. The van der Waals surface area contributed by atoms with Crippen molar-refractivity contribution in [1.82, 2.24) is 5.32 Å². The number of phenolic OH excluding ortho intramolecular Hbond substituents is 1. The van der Waals surface area contributed by atoms with Gasteiger partial charge in [0.1, 0.15) is 5.75 Å². The van der Waals surface area contributed by atoms with Gasteiger partial charge in [-0.15, -0.1) is 0 Å². The third-order valence-electron chi connectivity index (χ3n) is 4.64. The molecule has 2 N–H and O–H groups in total. The molecule has 3 nitrogen and oxygen atoms in total. The van der Waals surface area contributed by atoms with Crippen LogP contribution >= 0.6 is 0 Å². The summed E-state index contributed by atoms with van der Waals surface area (Å²) in [6.45, 7) is 6.65. The molecule has 3 aromatic carbocycles. The van der Waals surface area contributed by atoms with E-state index in [0.717, 1.165) is 22.3 Å². The predicted molar refractivity (Wildman–Crippen MR) is 110 cm³/mol. The van der Waals surface area contributed by atoms with Crippen LogP contribution in [-0.4, -0.2) is 11.0 Å². The van der Waals surface area contributed by atoms with Crippen LogP contribution in [0.25, 0.3) is 11.1 Å². The highest BCUT2D eigenvalue weighted by atomic mass is 16.3. The largest absolute Gasteiger partial charge is 0.508 e. The van der Waals surface area contributed by atoms with Crippen LogP contribution in [0.2, 0.25) is 0 Å². The van der Waals surface area contributed by atoms with Gasteiger partial charge in [0, 0.05) is 17.7 Å². The van der Waals surface area contributed by atoms with Gasteiger partial charge >= 0.3 is 0 Å². The van der Waals surface area contributed by atoms with Gasteiger partial charge in [0.05, 0.1) is 0 Å². The SMILES string of the molecule is CC(C)(C)c1ccc(O)c(CNC(=O)c2ccc(-c3ccccc3)cc2)c1. The molecule has 0 atom stereocenters. The maximum atomic E-state index is 12.5. The molecular weight excluding hydrogens is 334 g/mol. The van der Waals surface area contributed by atoms with Gasteiger partial charge in [0.25, 0.3) is 5.91 Å². The van der Waals surface area contributed by atoms with Gasteiger partial charge < -0.3 is 10.4 Å². The Labute approximate surface area is 160 Å². The van der Waals surface area contributed by atoms with E-state index in [1.807, 2.05) is 66.7 Å². The van der Waals surface area contributed by atoms with Crippen molar-refractivity contribution in [3.8, 4) is 16.9 Å². The zero-order valence-corrected chi connectivity index (χ0v) is 16.0. The first-order valence-corrected chi connectivity index (χ1v) is 9.10. The molecule has 0 saturated carbocycles. The molecule has 138 valence electrons. The highest BCUT2D eigenvalue weighted by Crippen LogP contribution is 2.27. The Morgan fingerprint density at radius 1 is 0.889 bits per heavy atom. The highest BCUT2D eigenvalue weighted by Gasteiger charge is 2.16. The number of benzene rings is 3. The van der Waals surface area contributed by atoms with Crippen molar-refractivity contribution in [2.45, 2.75) is 32.7 Å². The van der Waals surface area contributed by atoms with Crippen molar-refractivity contribution in [2.24, 2.45) is 0 Å². The van der Waals surface area contributed by atoms with Crippen molar-refractivity contribution < 1.29 is 9.90 Å². The van der Waals surface area contributed by atoms with E-state index >= 15 is 0 Å². The number of phenols is 1. The van der Waals surface area contributed by atoms with Gasteiger partial charge in [-0.3, -0.25) is 4.79 Å². The van der Waals surface area contributed by atoms with Crippen molar-refractivity contribution in [3.05, 3.63) is 89.5 Å². The van der Waals surface area contributed by atoms with Crippen LogP contribution in [0.3, 0.4) is 0 Å². The number of nitrogens with one attached hydrogen (secondary N) is 1.